The van der Waals surface area contributed by atoms with Gasteiger partial charge in [-0.2, -0.15) is 0 Å². The minimum atomic E-state index is -4.60. The Morgan fingerprint density at radius 2 is 2.16 bits per heavy atom. The standard InChI is InChI=1S/C26H34N3O6PS/c1-15-14-27-25(37-15)28-23(30)9-5-17-13-22(29-34-3)26(2)11-10-20-19-8-6-18(35-36(31,32)33)12-16(19)4-7-21(20)24(17)26/h6,8,12,14,17,20-21,24H,4-5,7,9-11,13H2,1-3H3,(H,27,28,30)(H2,31,32,33)/b29-22+/t17-,20?,21?,24?,26-/m1/s1. The largest absolute Gasteiger partial charge is 0.524 e. The van der Waals surface area contributed by atoms with Gasteiger partial charge in [-0.3, -0.25) is 14.6 Å². The Morgan fingerprint density at radius 1 is 1.35 bits per heavy atom. The van der Waals surface area contributed by atoms with Gasteiger partial charge >= 0.3 is 7.82 Å². The Morgan fingerprint density at radius 3 is 2.86 bits per heavy atom. The van der Waals surface area contributed by atoms with Crippen LogP contribution in [-0.4, -0.2) is 33.5 Å². The SMILES string of the molecule is CO/N=C1\C[C@@H](CCC(=O)Nc2ncc(C)s2)C2C3CCc4cc(OP(=O)(O)O)ccc4C3CC[C@]12C. The number of aromatic nitrogens is 1. The number of carbonyl (C=O) groups excluding carboxylic acids is 1. The summed E-state index contributed by atoms with van der Waals surface area (Å²) in [5, 5.41) is 8.06. The third kappa shape index (κ3) is 5.35. The summed E-state index contributed by atoms with van der Waals surface area (Å²) < 4.78 is 16.2. The highest BCUT2D eigenvalue weighted by atomic mass is 32.1. The smallest absolute Gasteiger partial charge is 0.404 e. The van der Waals surface area contributed by atoms with Crippen molar-refractivity contribution in [2.45, 2.75) is 64.7 Å². The number of phosphoric ester groups is 1. The van der Waals surface area contributed by atoms with E-state index in [1.165, 1.54) is 16.9 Å². The third-order valence-electron chi connectivity index (χ3n) is 8.61. The summed E-state index contributed by atoms with van der Waals surface area (Å²) >= 11 is 1.48. The predicted molar refractivity (Wildman–Crippen MR) is 142 cm³/mol. The van der Waals surface area contributed by atoms with Crippen LogP contribution in [0.3, 0.4) is 0 Å². The van der Waals surface area contributed by atoms with Gasteiger partial charge in [0, 0.05) is 22.9 Å². The van der Waals surface area contributed by atoms with Gasteiger partial charge in [0.15, 0.2) is 5.13 Å². The number of carbonyl (C=O) groups is 1. The molecule has 3 aliphatic carbocycles. The van der Waals surface area contributed by atoms with Gasteiger partial charge in [0.1, 0.15) is 12.9 Å². The number of phosphoric acid groups is 1. The molecule has 1 aromatic heterocycles. The molecule has 0 spiro atoms. The van der Waals surface area contributed by atoms with Gasteiger partial charge in [0.2, 0.25) is 5.91 Å². The highest BCUT2D eigenvalue weighted by Gasteiger charge is 2.57. The second kappa shape index (κ2) is 10.1. The predicted octanol–water partition coefficient (Wildman–Crippen LogP) is 5.43. The molecule has 0 bridgehead atoms. The quantitative estimate of drug-likeness (QED) is 0.311. The van der Waals surface area contributed by atoms with Crippen molar-refractivity contribution in [2.75, 3.05) is 12.4 Å². The molecule has 3 N–H and O–H groups in total. The van der Waals surface area contributed by atoms with E-state index in [0.29, 0.717) is 35.2 Å². The number of nitrogens with one attached hydrogen (secondary N) is 1. The molecule has 5 rings (SSSR count). The van der Waals surface area contributed by atoms with Crippen LogP contribution in [0, 0.1) is 30.1 Å². The first kappa shape index (κ1) is 26.4. The molecule has 1 amide bonds. The van der Waals surface area contributed by atoms with Crippen LogP contribution < -0.4 is 9.84 Å². The van der Waals surface area contributed by atoms with E-state index in [1.807, 2.05) is 13.0 Å². The van der Waals surface area contributed by atoms with E-state index < -0.39 is 7.82 Å². The van der Waals surface area contributed by atoms with Crippen molar-refractivity contribution < 1.29 is 28.5 Å². The van der Waals surface area contributed by atoms with Crippen LogP contribution in [0.4, 0.5) is 5.13 Å². The molecule has 1 heterocycles. The highest BCUT2D eigenvalue weighted by Crippen LogP contribution is 2.62. The first-order chi connectivity index (χ1) is 17.6. The Bertz CT molecular complexity index is 1260. The molecule has 2 aromatic rings. The van der Waals surface area contributed by atoms with E-state index in [2.05, 4.69) is 22.4 Å². The van der Waals surface area contributed by atoms with E-state index in [9.17, 15) is 19.1 Å². The van der Waals surface area contributed by atoms with Gasteiger partial charge in [-0.05, 0) is 92.4 Å². The number of amides is 1. The fourth-order valence-electron chi connectivity index (χ4n) is 7.26. The van der Waals surface area contributed by atoms with Crippen molar-refractivity contribution >= 4 is 35.9 Å². The Balaban J connectivity index is 1.36. The van der Waals surface area contributed by atoms with E-state index in [0.717, 1.165) is 54.7 Å². The number of benzene rings is 1. The molecule has 0 saturated heterocycles. The molecule has 2 fully saturated rings. The molecule has 2 saturated carbocycles. The van der Waals surface area contributed by atoms with Gasteiger partial charge in [0.05, 0.1) is 5.71 Å². The molecule has 11 heteroatoms. The van der Waals surface area contributed by atoms with Crippen LogP contribution in [0.2, 0.25) is 0 Å². The number of anilines is 1. The molecule has 3 aliphatic rings. The summed E-state index contributed by atoms with van der Waals surface area (Å²) in [7, 11) is -3.00. The number of nitrogens with zero attached hydrogens (tertiary/aromatic N) is 2. The molecule has 0 aliphatic heterocycles. The normalized spacial score (nSPS) is 29.8. The van der Waals surface area contributed by atoms with Crippen LogP contribution in [0.15, 0.2) is 29.6 Å². The van der Waals surface area contributed by atoms with Crippen molar-refractivity contribution in [1.29, 1.82) is 0 Å². The van der Waals surface area contributed by atoms with Crippen LogP contribution in [0.1, 0.15) is 67.4 Å². The topological polar surface area (TPSA) is 130 Å². The Hall–Kier alpha value is -2.26. The second-order valence-corrected chi connectivity index (χ2v) is 13.2. The van der Waals surface area contributed by atoms with Gasteiger partial charge in [-0.1, -0.05) is 18.1 Å². The number of hydrogen-bond donors (Lipinski definition) is 3. The van der Waals surface area contributed by atoms with E-state index in [4.69, 9.17) is 9.36 Å². The van der Waals surface area contributed by atoms with E-state index >= 15 is 0 Å². The first-order valence-corrected chi connectivity index (χ1v) is 15.1. The lowest BCUT2D eigenvalue weighted by Crippen LogP contribution is -2.44. The lowest BCUT2D eigenvalue weighted by molar-refractivity contribution is -0.116. The van der Waals surface area contributed by atoms with Crippen molar-refractivity contribution in [3.63, 3.8) is 0 Å². The second-order valence-electron chi connectivity index (χ2n) is 10.8. The minimum absolute atomic E-state index is 0.00730. The third-order valence-corrected chi connectivity index (χ3v) is 9.88. The maximum Gasteiger partial charge on any atom is 0.524 e. The molecule has 5 atom stereocenters. The Labute approximate surface area is 220 Å². The average molecular weight is 548 g/mol. The summed E-state index contributed by atoms with van der Waals surface area (Å²) in [5.41, 5.74) is 3.40. The zero-order valence-electron chi connectivity index (χ0n) is 21.3. The molecule has 1 aromatic carbocycles. The summed E-state index contributed by atoms with van der Waals surface area (Å²) in [5.74, 6) is 1.72. The number of aryl methyl sites for hydroxylation is 2. The maximum absolute atomic E-state index is 12.7. The van der Waals surface area contributed by atoms with Gasteiger partial charge in [-0.15, -0.1) is 11.3 Å². The Kier molecular flexibility index (Phi) is 7.22. The maximum atomic E-state index is 12.7. The zero-order valence-corrected chi connectivity index (χ0v) is 23.1. The minimum Gasteiger partial charge on any atom is -0.404 e. The molecule has 3 unspecified atom stereocenters. The first-order valence-electron chi connectivity index (χ1n) is 12.8. The fraction of sp³-hybridized carbons (Fsp3) is 0.577. The van der Waals surface area contributed by atoms with Crippen molar-refractivity contribution in [2.24, 2.45) is 28.3 Å². The van der Waals surface area contributed by atoms with Crippen LogP contribution in [0.5, 0.6) is 5.75 Å². The number of fused-ring (bicyclic) bond motifs is 5. The van der Waals surface area contributed by atoms with Crippen molar-refractivity contribution in [3.8, 4) is 5.75 Å². The van der Waals surface area contributed by atoms with Gasteiger partial charge in [0.25, 0.3) is 0 Å². The summed E-state index contributed by atoms with van der Waals surface area (Å²) in [6.07, 6.45) is 7.64. The van der Waals surface area contributed by atoms with Crippen LogP contribution in [-0.2, 0) is 20.6 Å². The highest BCUT2D eigenvalue weighted by molar-refractivity contribution is 7.46. The lowest BCUT2D eigenvalue weighted by atomic mass is 9.54. The molecule has 200 valence electrons. The molecule has 9 nitrogen and oxygen atoms in total. The molecule has 0 radical (unpaired) electrons. The number of rotatable bonds is 7. The van der Waals surface area contributed by atoms with Crippen LogP contribution in [0.25, 0.3) is 0 Å². The van der Waals surface area contributed by atoms with Crippen LogP contribution >= 0.6 is 19.2 Å². The number of thiazole rings is 1. The average Bonchev–Trinajstić information content (AvgIpc) is 3.36. The summed E-state index contributed by atoms with van der Waals surface area (Å²) in [6.45, 7) is 4.29. The van der Waals surface area contributed by atoms with Gasteiger partial charge in [-0.25, -0.2) is 9.55 Å². The van der Waals surface area contributed by atoms with Crippen molar-refractivity contribution in [3.05, 3.63) is 40.4 Å². The summed E-state index contributed by atoms with van der Waals surface area (Å²) in [6, 6.07) is 5.44. The zero-order chi connectivity index (χ0) is 26.4. The molecular formula is C26H34N3O6PS. The van der Waals surface area contributed by atoms with E-state index in [-0.39, 0.29) is 17.1 Å². The number of hydrogen-bond acceptors (Lipinski definition) is 7. The lowest BCUT2D eigenvalue weighted by Gasteiger charge is -2.50. The summed E-state index contributed by atoms with van der Waals surface area (Å²) in [4.78, 5) is 41.7. The fourth-order valence-corrected chi connectivity index (χ4v) is 8.33. The number of oxime groups is 1. The van der Waals surface area contributed by atoms with E-state index in [1.54, 1.807) is 25.4 Å². The molecule has 37 heavy (non-hydrogen) atoms. The monoisotopic (exact) mass is 547 g/mol. The van der Waals surface area contributed by atoms with Gasteiger partial charge < -0.3 is 14.7 Å². The van der Waals surface area contributed by atoms with Crippen molar-refractivity contribution in [1.82, 2.24) is 4.98 Å². The molecular weight excluding hydrogens is 513 g/mol.